The number of amides is 1. The standard InChI is InChI=1S/C15H22N2OS/c1-5-10-16-15(18)12(2)17(3)11-13-6-8-14(19-4)9-7-13/h5-9,12H,1,10-11H2,2-4H3,(H,16,18). The fourth-order valence-corrected chi connectivity index (χ4v) is 2.08. The van der Waals surface area contributed by atoms with E-state index in [9.17, 15) is 4.79 Å². The fraction of sp³-hybridized carbons (Fsp3) is 0.400. The van der Waals surface area contributed by atoms with E-state index >= 15 is 0 Å². The van der Waals surface area contributed by atoms with E-state index in [1.165, 1.54) is 10.5 Å². The molecule has 1 rings (SSSR count). The van der Waals surface area contributed by atoms with Gasteiger partial charge in [0, 0.05) is 18.0 Å². The van der Waals surface area contributed by atoms with Gasteiger partial charge in [0.2, 0.25) is 5.91 Å². The first kappa shape index (κ1) is 15.8. The van der Waals surface area contributed by atoms with Crippen LogP contribution in [0.3, 0.4) is 0 Å². The van der Waals surface area contributed by atoms with E-state index in [0.29, 0.717) is 6.54 Å². The van der Waals surface area contributed by atoms with E-state index in [1.54, 1.807) is 17.8 Å². The van der Waals surface area contributed by atoms with Crippen LogP contribution in [0.2, 0.25) is 0 Å². The first-order chi connectivity index (χ1) is 9.08. The molecular weight excluding hydrogens is 256 g/mol. The summed E-state index contributed by atoms with van der Waals surface area (Å²) in [7, 11) is 1.96. The molecule has 0 aliphatic heterocycles. The molecule has 0 aliphatic carbocycles. The minimum absolute atomic E-state index is 0.0307. The lowest BCUT2D eigenvalue weighted by atomic mass is 10.2. The number of likely N-dealkylation sites (N-methyl/N-ethyl adjacent to an activating group) is 1. The van der Waals surface area contributed by atoms with Crippen LogP contribution in [0.15, 0.2) is 41.8 Å². The summed E-state index contributed by atoms with van der Waals surface area (Å²) >= 11 is 1.73. The van der Waals surface area contributed by atoms with Gasteiger partial charge in [-0.2, -0.15) is 0 Å². The molecule has 0 radical (unpaired) electrons. The Morgan fingerprint density at radius 2 is 2.11 bits per heavy atom. The van der Waals surface area contributed by atoms with Gasteiger partial charge in [0.1, 0.15) is 0 Å². The van der Waals surface area contributed by atoms with E-state index in [-0.39, 0.29) is 11.9 Å². The van der Waals surface area contributed by atoms with Gasteiger partial charge in [0.25, 0.3) is 0 Å². The average Bonchev–Trinajstić information content (AvgIpc) is 2.44. The van der Waals surface area contributed by atoms with Crippen LogP contribution in [-0.2, 0) is 11.3 Å². The van der Waals surface area contributed by atoms with Crippen LogP contribution >= 0.6 is 11.8 Å². The number of nitrogens with zero attached hydrogens (tertiary/aromatic N) is 1. The number of hydrogen-bond acceptors (Lipinski definition) is 3. The maximum Gasteiger partial charge on any atom is 0.237 e. The molecule has 4 heteroatoms. The van der Waals surface area contributed by atoms with Crippen molar-refractivity contribution in [3.05, 3.63) is 42.5 Å². The lowest BCUT2D eigenvalue weighted by Gasteiger charge is -2.23. The first-order valence-corrected chi connectivity index (χ1v) is 7.52. The van der Waals surface area contributed by atoms with Gasteiger partial charge < -0.3 is 5.32 Å². The Kier molecular flexibility index (Phi) is 6.67. The Balaban J connectivity index is 2.54. The second-order valence-corrected chi connectivity index (χ2v) is 5.35. The predicted molar refractivity (Wildman–Crippen MR) is 82.4 cm³/mol. The number of hydrogen-bond donors (Lipinski definition) is 1. The van der Waals surface area contributed by atoms with Crippen molar-refractivity contribution in [2.24, 2.45) is 0 Å². The van der Waals surface area contributed by atoms with Gasteiger partial charge in [-0.05, 0) is 37.9 Å². The summed E-state index contributed by atoms with van der Waals surface area (Å²) in [5.74, 6) is 0.0307. The van der Waals surface area contributed by atoms with Crippen LogP contribution < -0.4 is 5.32 Å². The number of carbonyl (C=O) groups is 1. The molecule has 104 valence electrons. The summed E-state index contributed by atoms with van der Waals surface area (Å²) < 4.78 is 0. The zero-order valence-electron chi connectivity index (χ0n) is 11.8. The third kappa shape index (κ3) is 5.09. The molecule has 3 nitrogen and oxygen atoms in total. The second kappa shape index (κ2) is 8.02. The maximum atomic E-state index is 11.8. The average molecular weight is 278 g/mol. The molecule has 1 unspecified atom stereocenters. The van der Waals surface area contributed by atoms with Gasteiger partial charge in [-0.25, -0.2) is 0 Å². The van der Waals surface area contributed by atoms with Gasteiger partial charge >= 0.3 is 0 Å². The number of rotatable bonds is 7. The highest BCUT2D eigenvalue weighted by molar-refractivity contribution is 7.98. The van der Waals surface area contributed by atoms with Crippen molar-refractivity contribution in [2.45, 2.75) is 24.4 Å². The monoisotopic (exact) mass is 278 g/mol. The summed E-state index contributed by atoms with van der Waals surface area (Å²) in [5.41, 5.74) is 1.21. The van der Waals surface area contributed by atoms with E-state index in [2.05, 4.69) is 42.4 Å². The summed E-state index contributed by atoms with van der Waals surface area (Å²) in [5, 5.41) is 2.82. The van der Waals surface area contributed by atoms with Crippen molar-refractivity contribution in [1.82, 2.24) is 10.2 Å². The molecule has 1 aromatic carbocycles. The smallest absolute Gasteiger partial charge is 0.237 e. The zero-order chi connectivity index (χ0) is 14.3. The van der Waals surface area contributed by atoms with Crippen molar-refractivity contribution in [3.8, 4) is 0 Å². The van der Waals surface area contributed by atoms with Crippen LogP contribution in [0.25, 0.3) is 0 Å². The van der Waals surface area contributed by atoms with E-state index < -0.39 is 0 Å². The Hall–Kier alpha value is -1.26. The summed E-state index contributed by atoms with van der Waals surface area (Å²) in [6.45, 7) is 6.78. The highest BCUT2D eigenvalue weighted by Crippen LogP contribution is 2.16. The number of benzene rings is 1. The SMILES string of the molecule is C=CCNC(=O)C(C)N(C)Cc1ccc(SC)cc1. The Morgan fingerprint density at radius 3 is 2.63 bits per heavy atom. The molecule has 0 fully saturated rings. The van der Waals surface area contributed by atoms with Crippen LogP contribution in [0.1, 0.15) is 12.5 Å². The normalized spacial score (nSPS) is 12.2. The van der Waals surface area contributed by atoms with Crippen molar-refractivity contribution in [2.75, 3.05) is 19.8 Å². The molecule has 0 aromatic heterocycles. The Labute approximate surface area is 120 Å². The van der Waals surface area contributed by atoms with Gasteiger partial charge in [-0.15, -0.1) is 18.3 Å². The number of thioether (sulfide) groups is 1. The second-order valence-electron chi connectivity index (χ2n) is 4.47. The third-order valence-electron chi connectivity index (χ3n) is 3.05. The zero-order valence-corrected chi connectivity index (χ0v) is 12.7. The van der Waals surface area contributed by atoms with Gasteiger partial charge in [0.05, 0.1) is 6.04 Å². The molecule has 0 heterocycles. The van der Waals surface area contributed by atoms with Crippen molar-refractivity contribution >= 4 is 17.7 Å². The largest absolute Gasteiger partial charge is 0.351 e. The highest BCUT2D eigenvalue weighted by Gasteiger charge is 2.17. The van der Waals surface area contributed by atoms with Crippen LogP contribution in [0.5, 0.6) is 0 Å². The summed E-state index contributed by atoms with van der Waals surface area (Å²) in [6, 6.07) is 8.28. The van der Waals surface area contributed by atoms with E-state index in [1.807, 2.05) is 18.9 Å². The van der Waals surface area contributed by atoms with Crippen LogP contribution in [-0.4, -0.2) is 36.7 Å². The van der Waals surface area contributed by atoms with Gasteiger partial charge in [0.15, 0.2) is 0 Å². The van der Waals surface area contributed by atoms with E-state index in [0.717, 1.165) is 6.54 Å². The molecule has 0 spiro atoms. The molecule has 0 saturated carbocycles. The molecule has 1 atom stereocenters. The lowest BCUT2D eigenvalue weighted by molar-refractivity contribution is -0.125. The molecular formula is C15H22N2OS. The third-order valence-corrected chi connectivity index (χ3v) is 3.80. The van der Waals surface area contributed by atoms with Crippen LogP contribution in [0, 0.1) is 0 Å². The topological polar surface area (TPSA) is 32.3 Å². The Morgan fingerprint density at radius 1 is 1.47 bits per heavy atom. The summed E-state index contributed by atoms with van der Waals surface area (Å²) in [4.78, 5) is 15.1. The molecule has 0 saturated heterocycles. The van der Waals surface area contributed by atoms with E-state index in [4.69, 9.17) is 0 Å². The fourth-order valence-electron chi connectivity index (χ4n) is 1.68. The van der Waals surface area contributed by atoms with Crippen LogP contribution in [0.4, 0.5) is 0 Å². The number of carbonyl (C=O) groups excluding carboxylic acids is 1. The molecule has 1 amide bonds. The van der Waals surface area contributed by atoms with Gasteiger partial charge in [-0.1, -0.05) is 18.2 Å². The van der Waals surface area contributed by atoms with Gasteiger partial charge in [-0.3, -0.25) is 9.69 Å². The Bertz CT molecular complexity index is 417. The summed E-state index contributed by atoms with van der Waals surface area (Å²) in [6.07, 6.45) is 3.75. The first-order valence-electron chi connectivity index (χ1n) is 6.30. The molecule has 1 aromatic rings. The van der Waals surface area contributed by atoms with Crippen molar-refractivity contribution in [1.29, 1.82) is 0 Å². The quantitative estimate of drug-likeness (QED) is 0.614. The number of nitrogens with one attached hydrogen (secondary N) is 1. The minimum Gasteiger partial charge on any atom is -0.351 e. The highest BCUT2D eigenvalue weighted by atomic mass is 32.2. The lowest BCUT2D eigenvalue weighted by Crippen LogP contribution is -2.42. The molecule has 0 bridgehead atoms. The molecule has 0 aliphatic rings. The molecule has 19 heavy (non-hydrogen) atoms. The molecule has 1 N–H and O–H groups in total. The maximum absolute atomic E-state index is 11.8. The van der Waals surface area contributed by atoms with Crippen molar-refractivity contribution in [3.63, 3.8) is 0 Å². The minimum atomic E-state index is -0.153. The predicted octanol–water partition coefficient (Wildman–Crippen LogP) is 2.53. The van der Waals surface area contributed by atoms with Crippen molar-refractivity contribution < 1.29 is 4.79 Å².